The van der Waals surface area contributed by atoms with Crippen molar-refractivity contribution < 1.29 is 0 Å². The Morgan fingerprint density at radius 2 is 1.47 bits per heavy atom. The van der Waals surface area contributed by atoms with Crippen LogP contribution in [0.5, 0.6) is 0 Å². The van der Waals surface area contributed by atoms with Crippen LogP contribution >= 0.6 is 0 Å². The summed E-state index contributed by atoms with van der Waals surface area (Å²) in [7, 11) is 0. The van der Waals surface area contributed by atoms with Gasteiger partial charge in [0.05, 0.1) is 0 Å². The maximum absolute atomic E-state index is 3.87. The van der Waals surface area contributed by atoms with Crippen molar-refractivity contribution in [3.8, 4) is 0 Å². The maximum Gasteiger partial charge on any atom is -0.00870 e. The maximum atomic E-state index is 3.87. The minimum atomic E-state index is 0.538. The molecule has 0 N–H and O–H groups in total. The second kappa shape index (κ2) is 6.05. The van der Waals surface area contributed by atoms with Gasteiger partial charge in [-0.1, -0.05) is 66.7 Å². The van der Waals surface area contributed by atoms with Crippen molar-refractivity contribution in [1.82, 2.24) is 0 Å². The fraction of sp³-hybridized carbons (Fsp3) is 0.176. The lowest BCUT2D eigenvalue weighted by Gasteiger charge is -2.15. The van der Waals surface area contributed by atoms with Crippen LogP contribution in [0.3, 0.4) is 0 Å². The van der Waals surface area contributed by atoms with Gasteiger partial charge in [-0.3, -0.25) is 0 Å². The zero-order valence-electron chi connectivity index (χ0n) is 10.0. The third-order valence-corrected chi connectivity index (χ3v) is 3.05. The first-order valence-corrected chi connectivity index (χ1v) is 6.10. The quantitative estimate of drug-likeness (QED) is 0.649. The van der Waals surface area contributed by atoms with E-state index in [-0.39, 0.29) is 0 Å². The van der Waals surface area contributed by atoms with Crippen LogP contribution in [-0.4, -0.2) is 0 Å². The Bertz CT molecular complexity index is 442. The molecule has 17 heavy (non-hydrogen) atoms. The molecule has 2 rings (SSSR count). The molecule has 0 amide bonds. The molecule has 0 aliphatic rings. The molecule has 0 bridgehead atoms. The van der Waals surface area contributed by atoms with Crippen molar-refractivity contribution in [3.05, 3.63) is 84.4 Å². The molecule has 2 aromatic rings. The van der Waals surface area contributed by atoms with Crippen LogP contribution in [0.1, 0.15) is 23.5 Å². The summed E-state index contributed by atoms with van der Waals surface area (Å²) in [4.78, 5) is 0. The van der Waals surface area contributed by atoms with E-state index in [1.165, 1.54) is 11.1 Å². The molecule has 1 unspecified atom stereocenters. The highest BCUT2D eigenvalue weighted by Gasteiger charge is 2.09. The van der Waals surface area contributed by atoms with Crippen molar-refractivity contribution in [2.75, 3.05) is 0 Å². The van der Waals surface area contributed by atoms with Gasteiger partial charge in [-0.25, -0.2) is 0 Å². The van der Waals surface area contributed by atoms with Crippen molar-refractivity contribution in [2.45, 2.75) is 18.8 Å². The lowest BCUT2D eigenvalue weighted by atomic mass is 9.89. The average Bonchev–Trinajstić information content (AvgIpc) is 2.40. The summed E-state index contributed by atoms with van der Waals surface area (Å²) in [6.07, 6.45) is 4.12. The Kier molecular flexibility index (Phi) is 4.15. The molecule has 0 heterocycles. The Balaban J connectivity index is 2.16. The van der Waals surface area contributed by atoms with Gasteiger partial charge in [-0.05, 0) is 29.9 Å². The molecule has 0 radical (unpaired) electrons. The lowest BCUT2D eigenvalue weighted by Crippen LogP contribution is -2.01. The second-order valence-electron chi connectivity index (χ2n) is 4.32. The largest absolute Gasteiger partial charge is 0.103 e. The molecular weight excluding hydrogens is 204 g/mol. The van der Waals surface area contributed by atoms with Crippen LogP contribution in [0.15, 0.2) is 73.3 Å². The molecule has 0 aliphatic heterocycles. The molecule has 0 aliphatic carbocycles. The molecule has 0 aromatic heterocycles. The van der Waals surface area contributed by atoms with Gasteiger partial charge < -0.3 is 0 Å². The topological polar surface area (TPSA) is 0 Å². The van der Waals surface area contributed by atoms with Gasteiger partial charge in [0.1, 0.15) is 0 Å². The van der Waals surface area contributed by atoms with Crippen molar-refractivity contribution in [2.24, 2.45) is 0 Å². The van der Waals surface area contributed by atoms with E-state index < -0.39 is 0 Å². The molecule has 0 spiro atoms. The third-order valence-electron chi connectivity index (χ3n) is 3.05. The summed E-state index contributed by atoms with van der Waals surface area (Å²) in [5, 5.41) is 0. The molecule has 0 heteroatoms. The van der Waals surface area contributed by atoms with Crippen LogP contribution in [0, 0.1) is 0 Å². The highest BCUT2D eigenvalue weighted by Crippen LogP contribution is 2.24. The van der Waals surface area contributed by atoms with Gasteiger partial charge in [-0.15, -0.1) is 6.58 Å². The van der Waals surface area contributed by atoms with Crippen LogP contribution in [0.4, 0.5) is 0 Å². The van der Waals surface area contributed by atoms with E-state index in [2.05, 4.69) is 67.2 Å². The summed E-state index contributed by atoms with van der Waals surface area (Å²) in [5.41, 5.74) is 2.79. The molecular formula is C17H18. The highest BCUT2D eigenvalue weighted by molar-refractivity contribution is 5.24. The minimum absolute atomic E-state index is 0.538. The van der Waals surface area contributed by atoms with Gasteiger partial charge in [0.25, 0.3) is 0 Å². The predicted octanol–water partition coefficient (Wildman–Crippen LogP) is 4.59. The molecule has 2 aromatic carbocycles. The van der Waals surface area contributed by atoms with Crippen molar-refractivity contribution in [1.29, 1.82) is 0 Å². The van der Waals surface area contributed by atoms with Gasteiger partial charge in [-0.2, -0.15) is 0 Å². The molecule has 0 saturated heterocycles. The standard InChI is InChI=1S/C17H18/c1-2-9-17(16-12-7-4-8-13-16)14-15-10-5-3-6-11-15/h2-8,10-13,17H,1,9,14H2. The van der Waals surface area contributed by atoms with E-state index in [0.717, 1.165) is 12.8 Å². The number of allylic oxidation sites excluding steroid dienone is 1. The van der Waals surface area contributed by atoms with Gasteiger partial charge in [0.15, 0.2) is 0 Å². The molecule has 0 fully saturated rings. The number of hydrogen-bond donors (Lipinski definition) is 0. The van der Waals surface area contributed by atoms with Crippen LogP contribution in [0.2, 0.25) is 0 Å². The lowest BCUT2D eigenvalue weighted by molar-refractivity contribution is 0.696. The van der Waals surface area contributed by atoms with E-state index in [0.29, 0.717) is 5.92 Å². The van der Waals surface area contributed by atoms with Gasteiger partial charge in [0, 0.05) is 0 Å². The zero-order chi connectivity index (χ0) is 11.9. The fourth-order valence-electron chi connectivity index (χ4n) is 2.16. The van der Waals surface area contributed by atoms with Crippen molar-refractivity contribution >= 4 is 0 Å². The Morgan fingerprint density at radius 3 is 2.06 bits per heavy atom. The number of rotatable bonds is 5. The molecule has 1 atom stereocenters. The summed E-state index contributed by atoms with van der Waals surface area (Å²) in [6.45, 7) is 3.87. The number of hydrogen-bond acceptors (Lipinski definition) is 0. The minimum Gasteiger partial charge on any atom is -0.103 e. The SMILES string of the molecule is C=CCC(Cc1ccccc1)c1ccccc1. The molecule has 0 saturated carbocycles. The summed E-state index contributed by atoms with van der Waals surface area (Å²) in [6, 6.07) is 21.3. The average molecular weight is 222 g/mol. The first kappa shape index (κ1) is 11.7. The smallest absolute Gasteiger partial charge is 0.00870 e. The van der Waals surface area contributed by atoms with E-state index in [9.17, 15) is 0 Å². The van der Waals surface area contributed by atoms with E-state index in [4.69, 9.17) is 0 Å². The van der Waals surface area contributed by atoms with Crippen molar-refractivity contribution in [3.63, 3.8) is 0 Å². The van der Waals surface area contributed by atoms with E-state index in [1.807, 2.05) is 6.08 Å². The second-order valence-corrected chi connectivity index (χ2v) is 4.32. The predicted molar refractivity (Wildman–Crippen MR) is 74.1 cm³/mol. The Hall–Kier alpha value is -1.82. The zero-order valence-corrected chi connectivity index (χ0v) is 10.0. The normalized spacial score (nSPS) is 12.0. The third kappa shape index (κ3) is 3.32. The first-order chi connectivity index (χ1) is 8.40. The van der Waals surface area contributed by atoms with Gasteiger partial charge in [0.2, 0.25) is 0 Å². The van der Waals surface area contributed by atoms with E-state index in [1.54, 1.807) is 0 Å². The van der Waals surface area contributed by atoms with Crippen LogP contribution in [0.25, 0.3) is 0 Å². The fourth-order valence-corrected chi connectivity index (χ4v) is 2.16. The Labute approximate surface area is 104 Å². The molecule has 0 nitrogen and oxygen atoms in total. The van der Waals surface area contributed by atoms with E-state index >= 15 is 0 Å². The van der Waals surface area contributed by atoms with Crippen LogP contribution in [-0.2, 0) is 6.42 Å². The monoisotopic (exact) mass is 222 g/mol. The molecule has 86 valence electrons. The van der Waals surface area contributed by atoms with Crippen LogP contribution < -0.4 is 0 Å². The highest BCUT2D eigenvalue weighted by atomic mass is 14.1. The first-order valence-electron chi connectivity index (χ1n) is 6.10. The van der Waals surface area contributed by atoms with Gasteiger partial charge >= 0.3 is 0 Å². The Morgan fingerprint density at radius 1 is 0.882 bits per heavy atom. The summed E-state index contributed by atoms with van der Waals surface area (Å²) >= 11 is 0. The summed E-state index contributed by atoms with van der Waals surface area (Å²) in [5.74, 6) is 0.538. The summed E-state index contributed by atoms with van der Waals surface area (Å²) < 4.78 is 0. The number of benzene rings is 2.